The Kier molecular flexibility index (Phi) is 4.28. The van der Waals surface area contributed by atoms with E-state index in [4.69, 9.17) is 0 Å². The zero-order valence-corrected chi connectivity index (χ0v) is 10.3. The van der Waals surface area contributed by atoms with Crippen LogP contribution in [0.15, 0.2) is 24.3 Å². The first kappa shape index (κ1) is 17.6. The zero-order valence-electron chi connectivity index (χ0n) is 10.3. The lowest BCUT2D eigenvalue weighted by molar-refractivity contribution is -0.399. The molecule has 0 aliphatic rings. The van der Waals surface area contributed by atoms with E-state index in [-0.39, 0.29) is 0 Å². The van der Waals surface area contributed by atoms with E-state index in [1.54, 1.807) is 0 Å². The molecule has 1 aromatic carbocycles. The summed E-state index contributed by atoms with van der Waals surface area (Å²) >= 11 is 0. The molecular formula is C12H8F9. The highest BCUT2D eigenvalue weighted by Crippen LogP contribution is 2.56. The van der Waals surface area contributed by atoms with Gasteiger partial charge in [-0.25, -0.2) is 0 Å². The number of hydrogen-bond donors (Lipinski definition) is 0. The minimum atomic E-state index is -6.88. The number of rotatable bonds is 4. The molecule has 0 saturated heterocycles. The number of halogens is 9. The van der Waals surface area contributed by atoms with E-state index >= 15 is 0 Å². The second-order valence-corrected chi connectivity index (χ2v) is 4.13. The van der Waals surface area contributed by atoms with Crippen LogP contribution in [-0.2, 0) is 5.92 Å². The Labute approximate surface area is 113 Å². The smallest absolute Gasteiger partial charge is 0.194 e. The van der Waals surface area contributed by atoms with Crippen LogP contribution in [0.2, 0.25) is 0 Å². The molecule has 0 heterocycles. The molecule has 0 aliphatic carbocycles. The highest BCUT2D eigenvalue weighted by atomic mass is 19.4. The van der Waals surface area contributed by atoms with E-state index in [2.05, 4.69) is 0 Å². The van der Waals surface area contributed by atoms with E-state index < -0.39 is 29.5 Å². The Bertz CT molecular complexity index is 484. The van der Waals surface area contributed by atoms with Gasteiger partial charge in [-0.05, 0) is 12.0 Å². The first-order valence-electron chi connectivity index (χ1n) is 5.39. The molecule has 0 aromatic heterocycles. The molecular weight excluding hydrogens is 315 g/mol. The van der Waals surface area contributed by atoms with Crippen molar-refractivity contribution in [1.82, 2.24) is 0 Å². The molecule has 0 fully saturated rings. The van der Waals surface area contributed by atoms with Crippen molar-refractivity contribution < 1.29 is 39.5 Å². The lowest BCUT2D eigenvalue weighted by Crippen LogP contribution is -2.59. The maximum absolute atomic E-state index is 13.5. The molecule has 0 N–H and O–H groups in total. The van der Waals surface area contributed by atoms with Gasteiger partial charge in [-0.2, -0.15) is 39.5 Å². The van der Waals surface area contributed by atoms with Gasteiger partial charge in [0, 0.05) is 5.56 Å². The van der Waals surface area contributed by atoms with Gasteiger partial charge in [0.25, 0.3) is 0 Å². The van der Waals surface area contributed by atoms with Crippen LogP contribution in [-0.4, -0.2) is 18.0 Å². The van der Waals surface area contributed by atoms with Crippen LogP contribution in [0.3, 0.4) is 0 Å². The van der Waals surface area contributed by atoms with Crippen LogP contribution in [0.4, 0.5) is 39.5 Å². The average Bonchev–Trinajstić information content (AvgIpc) is 2.37. The zero-order chi connectivity index (χ0) is 16.7. The molecule has 0 saturated carbocycles. The van der Waals surface area contributed by atoms with Gasteiger partial charge in [-0.3, -0.25) is 0 Å². The Balaban J connectivity index is 3.32. The molecule has 0 unspecified atom stereocenters. The Morgan fingerprint density at radius 2 is 1.14 bits per heavy atom. The van der Waals surface area contributed by atoms with Crippen molar-refractivity contribution in [2.75, 3.05) is 0 Å². The van der Waals surface area contributed by atoms with Crippen LogP contribution < -0.4 is 0 Å². The summed E-state index contributed by atoms with van der Waals surface area (Å²) in [6.45, 7) is 1.49. The van der Waals surface area contributed by atoms with E-state index in [0.29, 0.717) is 17.7 Å². The largest absolute Gasteiger partial charge is 0.460 e. The fraction of sp³-hybridized carbons (Fsp3) is 0.417. The molecule has 9 heteroatoms. The predicted molar refractivity (Wildman–Crippen MR) is 55.4 cm³/mol. The Hall–Kier alpha value is -1.41. The predicted octanol–water partition coefficient (Wildman–Crippen LogP) is 5.18. The van der Waals surface area contributed by atoms with Gasteiger partial charge >= 0.3 is 23.9 Å². The van der Waals surface area contributed by atoms with Gasteiger partial charge in [0.2, 0.25) is 0 Å². The normalized spacial score (nSPS) is 14.4. The number of benzene rings is 1. The van der Waals surface area contributed by atoms with Crippen LogP contribution in [0.25, 0.3) is 0 Å². The third kappa shape index (κ3) is 2.69. The molecule has 0 spiro atoms. The van der Waals surface area contributed by atoms with E-state index in [1.165, 1.54) is 13.3 Å². The van der Waals surface area contributed by atoms with Crippen molar-refractivity contribution in [2.24, 2.45) is 0 Å². The second kappa shape index (κ2) is 5.10. The molecule has 0 atom stereocenters. The molecule has 21 heavy (non-hydrogen) atoms. The van der Waals surface area contributed by atoms with Crippen LogP contribution >= 0.6 is 0 Å². The summed E-state index contributed by atoms with van der Waals surface area (Å²) in [5, 5.41) is 0. The highest BCUT2D eigenvalue weighted by molar-refractivity contribution is 5.31. The third-order valence-corrected chi connectivity index (χ3v) is 2.75. The molecule has 0 aliphatic heterocycles. The molecule has 1 aromatic rings. The molecule has 1 radical (unpaired) electrons. The minimum absolute atomic E-state index is 0.306. The number of hydrogen-bond acceptors (Lipinski definition) is 0. The van der Waals surface area contributed by atoms with Crippen molar-refractivity contribution in [3.63, 3.8) is 0 Å². The molecule has 0 nitrogen and oxygen atoms in total. The van der Waals surface area contributed by atoms with Gasteiger partial charge in [0.1, 0.15) is 0 Å². The maximum atomic E-state index is 13.5. The fourth-order valence-electron chi connectivity index (χ4n) is 1.44. The first-order chi connectivity index (χ1) is 9.29. The highest BCUT2D eigenvalue weighted by Gasteiger charge is 2.81. The molecule has 0 amide bonds. The van der Waals surface area contributed by atoms with Gasteiger partial charge < -0.3 is 0 Å². The van der Waals surface area contributed by atoms with E-state index in [9.17, 15) is 39.5 Å². The van der Waals surface area contributed by atoms with Gasteiger partial charge in [-0.15, -0.1) is 0 Å². The van der Waals surface area contributed by atoms with Crippen molar-refractivity contribution in [2.45, 2.75) is 30.9 Å². The van der Waals surface area contributed by atoms with Crippen LogP contribution in [0, 0.1) is 6.42 Å². The lowest BCUT2D eigenvalue weighted by Gasteiger charge is -2.33. The standard InChI is InChI=1S/C12H8F9/c1-2-7-3-5-8(6-4-7)9(13,14)10(15,16)11(17,18)12(19,20)21/h2-6H,1H3. The third-order valence-electron chi connectivity index (χ3n) is 2.75. The van der Waals surface area contributed by atoms with Gasteiger partial charge in [0.15, 0.2) is 0 Å². The monoisotopic (exact) mass is 323 g/mol. The van der Waals surface area contributed by atoms with Gasteiger partial charge in [0.05, 0.1) is 0 Å². The Morgan fingerprint density at radius 1 is 0.714 bits per heavy atom. The van der Waals surface area contributed by atoms with Gasteiger partial charge in [-0.1, -0.05) is 31.2 Å². The minimum Gasteiger partial charge on any atom is -0.194 e. The second-order valence-electron chi connectivity index (χ2n) is 4.13. The van der Waals surface area contributed by atoms with Crippen LogP contribution in [0.5, 0.6) is 0 Å². The summed E-state index contributed by atoms with van der Waals surface area (Å²) in [5.41, 5.74) is -1.33. The molecule has 1 rings (SSSR count). The summed E-state index contributed by atoms with van der Waals surface area (Å²) in [6.07, 6.45) is -5.42. The molecule has 0 bridgehead atoms. The summed E-state index contributed by atoms with van der Waals surface area (Å²) in [7, 11) is 0. The fourth-order valence-corrected chi connectivity index (χ4v) is 1.44. The summed E-state index contributed by atoms with van der Waals surface area (Å²) in [5.74, 6) is -19.2. The maximum Gasteiger partial charge on any atom is 0.460 e. The lowest BCUT2D eigenvalue weighted by atomic mass is 9.96. The summed E-state index contributed by atoms with van der Waals surface area (Å²) in [4.78, 5) is 0. The topological polar surface area (TPSA) is 0 Å². The van der Waals surface area contributed by atoms with E-state index in [0.717, 1.165) is 12.1 Å². The molecule has 119 valence electrons. The summed E-state index contributed by atoms with van der Waals surface area (Å²) in [6, 6.07) is 2.53. The van der Waals surface area contributed by atoms with Crippen LogP contribution in [0.1, 0.15) is 18.1 Å². The van der Waals surface area contributed by atoms with Crippen molar-refractivity contribution in [3.8, 4) is 0 Å². The van der Waals surface area contributed by atoms with Crippen molar-refractivity contribution in [1.29, 1.82) is 0 Å². The quantitative estimate of drug-likeness (QED) is 0.670. The first-order valence-corrected chi connectivity index (χ1v) is 5.39. The SMILES string of the molecule is C[CH]c1ccc(C(F)(F)C(F)(F)C(F)(F)C(F)(F)F)cc1. The number of alkyl halides is 9. The van der Waals surface area contributed by atoms with E-state index in [1.807, 2.05) is 0 Å². The van der Waals surface area contributed by atoms with Crippen molar-refractivity contribution >= 4 is 0 Å². The van der Waals surface area contributed by atoms with Crippen molar-refractivity contribution in [3.05, 3.63) is 41.8 Å². The summed E-state index contributed by atoms with van der Waals surface area (Å²) < 4.78 is 114. The average molecular weight is 323 g/mol. The Morgan fingerprint density at radius 3 is 1.48 bits per heavy atom.